The number of rotatable bonds is 0. The molecule has 0 aromatic carbocycles. The van der Waals surface area contributed by atoms with Gasteiger partial charge in [-0.3, -0.25) is 0 Å². The van der Waals surface area contributed by atoms with E-state index in [1.54, 1.807) is 10.7 Å². The molecule has 4 heteroatoms. The first kappa shape index (κ1) is 9.46. The lowest BCUT2D eigenvalue weighted by molar-refractivity contribution is 0.573. The van der Waals surface area contributed by atoms with E-state index in [1.807, 2.05) is 12.1 Å². The maximum Gasteiger partial charge on any atom is 0.155 e. The lowest BCUT2D eigenvalue weighted by Crippen LogP contribution is -2.12. The fraction of sp³-hybridized carbons (Fsp3) is 0.400. The lowest BCUT2D eigenvalue weighted by atomic mass is 9.93. The molecule has 2 rings (SSSR count). The monoisotopic (exact) mass is 209 g/mol. The van der Waals surface area contributed by atoms with Gasteiger partial charge >= 0.3 is 0 Å². The van der Waals surface area contributed by atoms with Gasteiger partial charge in [0.05, 0.1) is 5.69 Å². The fourth-order valence-electron chi connectivity index (χ4n) is 1.34. The highest BCUT2D eigenvalue weighted by Gasteiger charge is 2.22. The van der Waals surface area contributed by atoms with Crippen molar-refractivity contribution in [1.29, 1.82) is 0 Å². The summed E-state index contributed by atoms with van der Waals surface area (Å²) >= 11 is 6.18. The zero-order valence-corrected chi connectivity index (χ0v) is 9.21. The van der Waals surface area contributed by atoms with Crippen LogP contribution in [0.3, 0.4) is 0 Å². The topological polar surface area (TPSA) is 30.2 Å². The number of nitrogens with zero attached hydrogens (tertiary/aromatic N) is 3. The third-order valence-corrected chi connectivity index (χ3v) is 2.39. The Morgan fingerprint density at radius 3 is 2.64 bits per heavy atom. The van der Waals surface area contributed by atoms with Gasteiger partial charge in [0.15, 0.2) is 10.8 Å². The van der Waals surface area contributed by atoms with Crippen molar-refractivity contribution in [1.82, 2.24) is 14.6 Å². The van der Waals surface area contributed by atoms with Gasteiger partial charge in [-0.2, -0.15) is 5.10 Å². The van der Waals surface area contributed by atoms with Gasteiger partial charge in [-0.15, -0.1) is 0 Å². The maximum absolute atomic E-state index is 6.18. The smallest absolute Gasteiger partial charge is 0.155 e. The highest BCUT2D eigenvalue weighted by atomic mass is 35.5. The van der Waals surface area contributed by atoms with Gasteiger partial charge in [-0.05, 0) is 12.1 Å². The summed E-state index contributed by atoms with van der Waals surface area (Å²) in [6, 6.07) is 3.75. The summed E-state index contributed by atoms with van der Waals surface area (Å²) in [7, 11) is 0. The minimum absolute atomic E-state index is 0.0508. The molecule has 2 aromatic heterocycles. The Balaban J connectivity index is 2.75. The standard InChI is InChI=1S/C10H12ClN3/c1-10(2,3)8-9(11)14-7(13-8)5-4-6-12-14/h4-6H,1-3H3. The Bertz CT molecular complexity index is 468. The lowest BCUT2D eigenvalue weighted by Gasteiger charge is -2.14. The summed E-state index contributed by atoms with van der Waals surface area (Å²) in [6.45, 7) is 6.25. The molecule has 0 aliphatic carbocycles. The molecule has 74 valence electrons. The Hall–Kier alpha value is -1.09. The molecule has 0 N–H and O–H groups in total. The number of hydrogen-bond acceptors (Lipinski definition) is 2. The normalized spacial score (nSPS) is 12.3. The second kappa shape index (κ2) is 2.95. The molecule has 0 atom stereocenters. The van der Waals surface area contributed by atoms with Crippen molar-refractivity contribution in [3.05, 3.63) is 29.2 Å². The molecular weight excluding hydrogens is 198 g/mol. The molecule has 2 heterocycles. The van der Waals surface area contributed by atoms with Crippen LogP contribution in [0.25, 0.3) is 5.65 Å². The van der Waals surface area contributed by atoms with E-state index in [-0.39, 0.29) is 5.41 Å². The van der Waals surface area contributed by atoms with E-state index in [4.69, 9.17) is 11.6 Å². The number of imidazole rings is 1. The quantitative estimate of drug-likeness (QED) is 0.668. The second-order valence-corrected chi connectivity index (χ2v) is 4.65. The second-order valence-electron chi connectivity index (χ2n) is 4.29. The van der Waals surface area contributed by atoms with Gasteiger partial charge in [-0.25, -0.2) is 9.50 Å². The minimum atomic E-state index is -0.0508. The average Bonchev–Trinajstić information content (AvgIpc) is 2.44. The predicted molar refractivity (Wildman–Crippen MR) is 56.7 cm³/mol. The summed E-state index contributed by atoms with van der Waals surface area (Å²) in [6.07, 6.45) is 1.70. The van der Waals surface area contributed by atoms with E-state index in [0.717, 1.165) is 11.3 Å². The van der Waals surface area contributed by atoms with Crippen LogP contribution in [-0.2, 0) is 5.41 Å². The number of hydrogen-bond donors (Lipinski definition) is 0. The average molecular weight is 210 g/mol. The molecule has 14 heavy (non-hydrogen) atoms. The number of aromatic nitrogens is 3. The summed E-state index contributed by atoms with van der Waals surface area (Å²) in [4.78, 5) is 4.45. The van der Waals surface area contributed by atoms with Crippen LogP contribution in [-0.4, -0.2) is 14.6 Å². The van der Waals surface area contributed by atoms with Crippen LogP contribution in [0.1, 0.15) is 26.5 Å². The van der Waals surface area contributed by atoms with Crippen molar-refractivity contribution in [2.75, 3.05) is 0 Å². The summed E-state index contributed by atoms with van der Waals surface area (Å²) in [5.41, 5.74) is 1.63. The molecule has 0 saturated heterocycles. The van der Waals surface area contributed by atoms with Gasteiger partial charge in [0.2, 0.25) is 0 Å². The SMILES string of the molecule is CC(C)(C)c1nc2cccnn2c1Cl. The van der Waals surface area contributed by atoms with Crippen molar-refractivity contribution in [3.63, 3.8) is 0 Å². The first-order valence-electron chi connectivity index (χ1n) is 4.50. The summed E-state index contributed by atoms with van der Waals surface area (Å²) in [5.74, 6) is 0. The number of fused-ring (bicyclic) bond motifs is 1. The van der Waals surface area contributed by atoms with E-state index in [2.05, 4.69) is 30.9 Å². The Morgan fingerprint density at radius 1 is 1.36 bits per heavy atom. The van der Waals surface area contributed by atoms with Gasteiger partial charge in [0, 0.05) is 11.6 Å². The van der Waals surface area contributed by atoms with Gasteiger partial charge < -0.3 is 0 Å². The summed E-state index contributed by atoms with van der Waals surface area (Å²) < 4.78 is 1.65. The fourth-order valence-corrected chi connectivity index (χ4v) is 1.79. The van der Waals surface area contributed by atoms with E-state index < -0.39 is 0 Å². The van der Waals surface area contributed by atoms with Crippen molar-refractivity contribution in [2.24, 2.45) is 0 Å². The third kappa shape index (κ3) is 1.38. The molecule has 2 aromatic rings. The Morgan fingerprint density at radius 2 is 2.07 bits per heavy atom. The highest BCUT2D eigenvalue weighted by Crippen LogP contribution is 2.28. The Kier molecular flexibility index (Phi) is 2.00. The van der Waals surface area contributed by atoms with Crippen molar-refractivity contribution in [3.8, 4) is 0 Å². The molecule has 0 bridgehead atoms. The van der Waals surface area contributed by atoms with E-state index in [0.29, 0.717) is 5.15 Å². The van der Waals surface area contributed by atoms with Gasteiger partial charge in [0.25, 0.3) is 0 Å². The zero-order chi connectivity index (χ0) is 10.3. The van der Waals surface area contributed by atoms with Gasteiger partial charge in [-0.1, -0.05) is 32.4 Å². The van der Waals surface area contributed by atoms with E-state index >= 15 is 0 Å². The molecule has 0 radical (unpaired) electrons. The predicted octanol–water partition coefficient (Wildman–Crippen LogP) is 2.68. The third-order valence-electron chi connectivity index (χ3n) is 2.05. The molecule has 0 amide bonds. The van der Waals surface area contributed by atoms with Crippen LogP contribution in [0, 0.1) is 0 Å². The van der Waals surface area contributed by atoms with Crippen molar-refractivity contribution < 1.29 is 0 Å². The first-order chi connectivity index (χ1) is 6.50. The van der Waals surface area contributed by atoms with Crippen molar-refractivity contribution in [2.45, 2.75) is 26.2 Å². The molecule has 0 aliphatic heterocycles. The van der Waals surface area contributed by atoms with Crippen LogP contribution in [0.2, 0.25) is 5.15 Å². The molecule has 0 fully saturated rings. The molecular formula is C10H12ClN3. The van der Waals surface area contributed by atoms with Crippen molar-refractivity contribution >= 4 is 17.2 Å². The molecule has 3 nitrogen and oxygen atoms in total. The highest BCUT2D eigenvalue weighted by molar-refractivity contribution is 6.30. The molecule has 0 saturated carbocycles. The van der Waals surface area contributed by atoms with E-state index in [1.165, 1.54) is 0 Å². The molecule has 0 spiro atoms. The Labute approximate surface area is 87.7 Å². The van der Waals surface area contributed by atoms with Crippen LogP contribution >= 0.6 is 11.6 Å². The van der Waals surface area contributed by atoms with Crippen LogP contribution in [0.4, 0.5) is 0 Å². The number of halogens is 1. The van der Waals surface area contributed by atoms with Gasteiger partial charge in [0.1, 0.15) is 0 Å². The van der Waals surface area contributed by atoms with Crippen LogP contribution in [0.5, 0.6) is 0 Å². The van der Waals surface area contributed by atoms with Crippen LogP contribution < -0.4 is 0 Å². The minimum Gasteiger partial charge on any atom is -0.230 e. The van der Waals surface area contributed by atoms with Crippen LogP contribution in [0.15, 0.2) is 18.3 Å². The largest absolute Gasteiger partial charge is 0.230 e. The molecule has 0 aliphatic rings. The maximum atomic E-state index is 6.18. The molecule has 0 unspecified atom stereocenters. The summed E-state index contributed by atoms with van der Waals surface area (Å²) in [5, 5.41) is 4.74. The zero-order valence-electron chi connectivity index (χ0n) is 8.45. The first-order valence-corrected chi connectivity index (χ1v) is 4.87. The van der Waals surface area contributed by atoms with E-state index in [9.17, 15) is 0 Å².